The molecule has 11 heavy (non-hydrogen) atoms. The lowest BCUT2D eigenvalue weighted by molar-refractivity contribution is -0.165. The largest absolute Gasteiger partial charge is 0.389 e. The number of rotatable bonds is 0. The van der Waals surface area contributed by atoms with Crippen LogP contribution in [0.3, 0.4) is 0 Å². The van der Waals surface area contributed by atoms with Gasteiger partial charge in [0.2, 0.25) is 0 Å². The fourth-order valence-corrected chi connectivity index (χ4v) is 1.33. The van der Waals surface area contributed by atoms with Crippen LogP contribution in [-0.4, -0.2) is 40.7 Å². The molecule has 1 saturated heterocycles. The molecule has 0 saturated carbocycles. The molecule has 4 heteroatoms. The first kappa shape index (κ1) is 8.93. The average molecular weight is 161 g/mol. The molecule has 0 unspecified atom stereocenters. The van der Waals surface area contributed by atoms with Crippen molar-refractivity contribution in [3.63, 3.8) is 0 Å². The number of hydrogen-bond acceptors (Lipinski definition) is 4. The van der Waals surface area contributed by atoms with Crippen molar-refractivity contribution in [3.05, 3.63) is 0 Å². The van der Waals surface area contributed by atoms with Crippen molar-refractivity contribution >= 4 is 0 Å². The third-order valence-corrected chi connectivity index (χ3v) is 2.18. The Balaban J connectivity index is 2.63. The normalized spacial score (nSPS) is 52.6. The van der Waals surface area contributed by atoms with E-state index in [4.69, 9.17) is 10.5 Å². The topological polar surface area (TPSA) is 75.7 Å². The molecule has 66 valence electrons. The first-order valence-electron chi connectivity index (χ1n) is 3.81. The molecule has 1 aliphatic rings. The Hall–Kier alpha value is -0.160. The lowest BCUT2D eigenvalue weighted by atomic mass is 9.95. The van der Waals surface area contributed by atoms with E-state index in [0.717, 1.165) is 0 Å². The van der Waals surface area contributed by atoms with Gasteiger partial charge in [0.25, 0.3) is 0 Å². The summed E-state index contributed by atoms with van der Waals surface area (Å²) in [6.07, 6.45) is -2.10. The third-order valence-electron chi connectivity index (χ3n) is 2.18. The lowest BCUT2D eigenvalue weighted by Crippen LogP contribution is -2.59. The van der Waals surface area contributed by atoms with Gasteiger partial charge in [-0.15, -0.1) is 0 Å². The second-order valence-corrected chi connectivity index (χ2v) is 3.10. The zero-order valence-corrected chi connectivity index (χ0v) is 6.77. The zero-order chi connectivity index (χ0) is 8.59. The number of ether oxygens (including phenoxy) is 1. The van der Waals surface area contributed by atoms with Crippen molar-refractivity contribution in [2.45, 2.75) is 44.3 Å². The molecule has 0 bridgehead atoms. The Labute approximate surface area is 66.0 Å². The molecule has 4 atom stereocenters. The molecule has 4 nitrogen and oxygen atoms in total. The Bertz CT molecular complexity index is 128. The van der Waals surface area contributed by atoms with Gasteiger partial charge in [-0.1, -0.05) is 0 Å². The summed E-state index contributed by atoms with van der Waals surface area (Å²) < 4.78 is 5.20. The van der Waals surface area contributed by atoms with Crippen molar-refractivity contribution in [3.8, 4) is 0 Å². The fourth-order valence-electron chi connectivity index (χ4n) is 1.33. The van der Waals surface area contributed by atoms with E-state index in [2.05, 4.69) is 0 Å². The summed E-state index contributed by atoms with van der Waals surface area (Å²) in [5.74, 6) is 0. The van der Waals surface area contributed by atoms with Crippen LogP contribution < -0.4 is 5.73 Å². The molecule has 1 rings (SSSR count). The fraction of sp³-hybridized carbons (Fsp3) is 1.00. The molecule has 0 amide bonds. The van der Waals surface area contributed by atoms with Crippen LogP contribution in [0.15, 0.2) is 0 Å². The highest BCUT2D eigenvalue weighted by Gasteiger charge is 2.38. The van der Waals surface area contributed by atoms with Gasteiger partial charge in [0, 0.05) is 0 Å². The molecular formula is C7H15NO3. The second kappa shape index (κ2) is 3.06. The van der Waals surface area contributed by atoms with Crippen molar-refractivity contribution < 1.29 is 14.9 Å². The third kappa shape index (κ3) is 1.54. The number of aliphatic hydroxyl groups is 2. The van der Waals surface area contributed by atoms with Crippen LogP contribution in [0, 0.1) is 0 Å². The standard InChI is InChI=1S/C7H15NO3/c1-3-6(9)5(8)7(10)4(2)11-3/h3-7,9-10H,8H2,1-2H3/t3-,4-,6-,7-/m0/s1. The van der Waals surface area contributed by atoms with Crippen molar-refractivity contribution in [1.82, 2.24) is 0 Å². The summed E-state index contributed by atoms with van der Waals surface area (Å²) in [7, 11) is 0. The highest BCUT2D eigenvalue weighted by molar-refractivity contribution is 4.91. The van der Waals surface area contributed by atoms with E-state index in [1.54, 1.807) is 13.8 Å². The molecule has 0 aromatic carbocycles. The van der Waals surface area contributed by atoms with E-state index in [1.165, 1.54) is 0 Å². The van der Waals surface area contributed by atoms with E-state index >= 15 is 0 Å². The number of aliphatic hydroxyl groups excluding tert-OH is 2. The van der Waals surface area contributed by atoms with Crippen LogP contribution in [0.1, 0.15) is 13.8 Å². The number of nitrogens with two attached hydrogens (primary N) is 1. The second-order valence-electron chi connectivity index (χ2n) is 3.10. The summed E-state index contributed by atoms with van der Waals surface area (Å²) in [6, 6.07) is -0.589. The van der Waals surface area contributed by atoms with Gasteiger partial charge in [0.15, 0.2) is 0 Å². The molecule has 1 heterocycles. The Morgan fingerprint density at radius 2 is 1.45 bits per heavy atom. The Morgan fingerprint density at radius 3 is 1.82 bits per heavy atom. The SMILES string of the molecule is C[C@@H]1O[C@@H](C)[C@H](O)C(N)[C@H]1O. The van der Waals surface area contributed by atoms with Gasteiger partial charge in [-0.25, -0.2) is 0 Å². The van der Waals surface area contributed by atoms with E-state index in [9.17, 15) is 10.2 Å². The smallest absolute Gasteiger partial charge is 0.0975 e. The number of hydrogen-bond donors (Lipinski definition) is 3. The van der Waals surface area contributed by atoms with Gasteiger partial charge >= 0.3 is 0 Å². The summed E-state index contributed by atoms with van der Waals surface area (Å²) in [6.45, 7) is 3.49. The highest BCUT2D eigenvalue weighted by Crippen LogP contribution is 2.18. The predicted octanol–water partition coefficient (Wildman–Crippen LogP) is -1.16. The minimum atomic E-state index is -0.763. The first-order chi connectivity index (χ1) is 5.04. The maximum Gasteiger partial charge on any atom is 0.0975 e. The molecule has 1 fully saturated rings. The Morgan fingerprint density at radius 1 is 1.09 bits per heavy atom. The molecule has 0 spiro atoms. The van der Waals surface area contributed by atoms with E-state index in [0.29, 0.717) is 0 Å². The summed E-state index contributed by atoms with van der Waals surface area (Å²) in [5.41, 5.74) is 5.52. The Kier molecular flexibility index (Phi) is 2.49. The van der Waals surface area contributed by atoms with E-state index in [-0.39, 0.29) is 12.2 Å². The van der Waals surface area contributed by atoms with Gasteiger partial charge < -0.3 is 20.7 Å². The molecular weight excluding hydrogens is 146 g/mol. The quantitative estimate of drug-likeness (QED) is 0.419. The minimum Gasteiger partial charge on any atom is -0.389 e. The van der Waals surface area contributed by atoms with Gasteiger partial charge in [-0.3, -0.25) is 0 Å². The molecule has 1 aliphatic heterocycles. The van der Waals surface area contributed by atoms with Crippen molar-refractivity contribution in [1.29, 1.82) is 0 Å². The average Bonchev–Trinajstić information content (AvgIpc) is 1.97. The van der Waals surface area contributed by atoms with Crippen LogP contribution in [-0.2, 0) is 4.74 Å². The van der Waals surface area contributed by atoms with Gasteiger partial charge in [-0.05, 0) is 13.8 Å². The maximum atomic E-state index is 9.32. The van der Waals surface area contributed by atoms with E-state index in [1.807, 2.05) is 0 Å². The van der Waals surface area contributed by atoms with Crippen LogP contribution >= 0.6 is 0 Å². The minimum absolute atomic E-state index is 0.289. The van der Waals surface area contributed by atoms with Crippen molar-refractivity contribution in [2.75, 3.05) is 0 Å². The molecule has 0 radical (unpaired) electrons. The molecule has 0 aromatic rings. The summed E-state index contributed by atoms with van der Waals surface area (Å²) in [5, 5.41) is 18.6. The van der Waals surface area contributed by atoms with E-state index < -0.39 is 18.2 Å². The van der Waals surface area contributed by atoms with Crippen LogP contribution in [0.2, 0.25) is 0 Å². The van der Waals surface area contributed by atoms with Gasteiger partial charge in [0.05, 0.1) is 30.5 Å². The lowest BCUT2D eigenvalue weighted by Gasteiger charge is -2.38. The van der Waals surface area contributed by atoms with Crippen LogP contribution in [0.4, 0.5) is 0 Å². The van der Waals surface area contributed by atoms with Gasteiger partial charge in [0.1, 0.15) is 0 Å². The molecule has 0 aromatic heterocycles. The monoisotopic (exact) mass is 161 g/mol. The predicted molar refractivity (Wildman–Crippen MR) is 40.0 cm³/mol. The van der Waals surface area contributed by atoms with Gasteiger partial charge in [-0.2, -0.15) is 0 Å². The first-order valence-corrected chi connectivity index (χ1v) is 3.81. The molecule has 0 aliphatic carbocycles. The van der Waals surface area contributed by atoms with Crippen molar-refractivity contribution in [2.24, 2.45) is 5.73 Å². The summed E-state index contributed by atoms with van der Waals surface area (Å²) in [4.78, 5) is 0. The maximum absolute atomic E-state index is 9.32. The zero-order valence-electron chi connectivity index (χ0n) is 6.77. The van der Waals surface area contributed by atoms with Crippen LogP contribution in [0.5, 0.6) is 0 Å². The molecule has 4 N–H and O–H groups in total. The summed E-state index contributed by atoms with van der Waals surface area (Å²) >= 11 is 0. The van der Waals surface area contributed by atoms with Crippen LogP contribution in [0.25, 0.3) is 0 Å². The highest BCUT2D eigenvalue weighted by atomic mass is 16.5.